The number of aliphatic hydroxyl groups excluding tert-OH is 1. The van der Waals surface area contributed by atoms with Gasteiger partial charge in [-0.3, -0.25) is 4.79 Å². The van der Waals surface area contributed by atoms with Gasteiger partial charge in [0.05, 0.1) is 12.6 Å². The SMILES string of the molecule is O=C1CCC[C@H]2[C@@H]3C[C@@H](CN(c4cc(C5CC5)ncn4)C3)[C@H](CO)N12. The molecule has 4 fully saturated rings. The molecular formula is C19H26N4O2. The molecule has 1 amide bonds. The summed E-state index contributed by atoms with van der Waals surface area (Å²) in [4.78, 5) is 25.9. The highest BCUT2D eigenvalue weighted by Gasteiger charge is 2.49. The van der Waals surface area contributed by atoms with Crippen LogP contribution in [-0.4, -0.2) is 57.7 Å². The van der Waals surface area contributed by atoms with Crippen molar-refractivity contribution in [1.29, 1.82) is 0 Å². The van der Waals surface area contributed by atoms with Crippen LogP contribution < -0.4 is 4.90 Å². The number of anilines is 1. The van der Waals surface area contributed by atoms with Crippen molar-refractivity contribution in [2.45, 2.75) is 56.5 Å². The van der Waals surface area contributed by atoms with Gasteiger partial charge in [-0.2, -0.15) is 0 Å². The summed E-state index contributed by atoms with van der Waals surface area (Å²) in [5, 5.41) is 10.0. The molecule has 4 heterocycles. The molecule has 0 spiro atoms. The van der Waals surface area contributed by atoms with Crippen molar-refractivity contribution in [2.75, 3.05) is 24.6 Å². The summed E-state index contributed by atoms with van der Waals surface area (Å²) in [7, 11) is 0. The van der Waals surface area contributed by atoms with Crippen LogP contribution in [0.5, 0.6) is 0 Å². The predicted octanol–water partition coefficient (Wildman–Crippen LogP) is 1.55. The molecule has 1 aromatic rings. The molecule has 5 rings (SSSR count). The zero-order chi connectivity index (χ0) is 17.0. The van der Waals surface area contributed by atoms with Crippen LogP contribution in [0.15, 0.2) is 12.4 Å². The fourth-order valence-corrected chi connectivity index (χ4v) is 5.33. The van der Waals surface area contributed by atoms with E-state index in [2.05, 4.69) is 25.8 Å². The lowest BCUT2D eigenvalue weighted by Gasteiger charge is -2.56. The molecule has 134 valence electrons. The molecular weight excluding hydrogens is 316 g/mol. The lowest BCUT2D eigenvalue weighted by atomic mass is 9.72. The topological polar surface area (TPSA) is 69.6 Å². The first-order valence-corrected chi connectivity index (χ1v) is 9.73. The number of rotatable bonds is 3. The van der Waals surface area contributed by atoms with Gasteiger partial charge in [-0.15, -0.1) is 0 Å². The number of piperidine rings is 3. The normalized spacial score (nSPS) is 34.8. The summed E-state index contributed by atoms with van der Waals surface area (Å²) in [6.45, 7) is 1.91. The molecule has 25 heavy (non-hydrogen) atoms. The van der Waals surface area contributed by atoms with Gasteiger partial charge in [-0.1, -0.05) is 0 Å². The molecule has 3 saturated heterocycles. The van der Waals surface area contributed by atoms with Crippen molar-refractivity contribution in [3.63, 3.8) is 0 Å². The average molecular weight is 342 g/mol. The smallest absolute Gasteiger partial charge is 0.223 e. The minimum Gasteiger partial charge on any atom is -0.394 e. The van der Waals surface area contributed by atoms with E-state index >= 15 is 0 Å². The summed E-state index contributed by atoms with van der Waals surface area (Å²) in [6.07, 6.45) is 8.01. The zero-order valence-corrected chi connectivity index (χ0v) is 14.5. The summed E-state index contributed by atoms with van der Waals surface area (Å²) in [5.74, 6) is 2.73. The van der Waals surface area contributed by atoms with E-state index in [1.807, 2.05) is 0 Å². The van der Waals surface area contributed by atoms with Crippen LogP contribution in [0.2, 0.25) is 0 Å². The van der Waals surface area contributed by atoms with Gasteiger partial charge in [0.25, 0.3) is 0 Å². The highest BCUT2D eigenvalue weighted by molar-refractivity contribution is 5.78. The second-order valence-corrected chi connectivity index (χ2v) is 8.25. The Balaban J connectivity index is 1.43. The van der Waals surface area contributed by atoms with Crippen molar-refractivity contribution in [3.05, 3.63) is 18.1 Å². The van der Waals surface area contributed by atoms with Gasteiger partial charge in [0.1, 0.15) is 12.1 Å². The van der Waals surface area contributed by atoms with E-state index in [0.29, 0.717) is 30.2 Å². The van der Waals surface area contributed by atoms with Crippen LogP contribution in [0.3, 0.4) is 0 Å². The number of aromatic nitrogens is 2. The van der Waals surface area contributed by atoms with Crippen LogP contribution >= 0.6 is 0 Å². The molecule has 0 unspecified atom stereocenters. The van der Waals surface area contributed by atoms with Crippen LogP contribution in [-0.2, 0) is 4.79 Å². The Hall–Kier alpha value is -1.69. The highest BCUT2D eigenvalue weighted by atomic mass is 16.3. The van der Waals surface area contributed by atoms with Gasteiger partial charge in [-0.25, -0.2) is 9.97 Å². The van der Waals surface area contributed by atoms with Crippen molar-refractivity contribution < 1.29 is 9.90 Å². The van der Waals surface area contributed by atoms with E-state index in [9.17, 15) is 9.90 Å². The van der Waals surface area contributed by atoms with Crippen molar-refractivity contribution >= 4 is 11.7 Å². The number of carbonyl (C=O) groups excluding carboxylic acids is 1. The minimum atomic E-state index is -0.0263. The number of hydrogen-bond acceptors (Lipinski definition) is 5. The monoisotopic (exact) mass is 342 g/mol. The van der Waals surface area contributed by atoms with Gasteiger partial charge < -0.3 is 14.9 Å². The Kier molecular flexibility index (Phi) is 3.69. The summed E-state index contributed by atoms with van der Waals surface area (Å²) >= 11 is 0. The van der Waals surface area contributed by atoms with Crippen molar-refractivity contribution in [3.8, 4) is 0 Å². The number of fused-ring (bicyclic) bond motifs is 4. The van der Waals surface area contributed by atoms with E-state index in [1.54, 1.807) is 6.33 Å². The third-order valence-corrected chi connectivity index (χ3v) is 6.68. The van der Waals surface area contributed by atoms with Gasteiger partial charge in [0, 0.05) is 43.2 Å². The Morgan fingerprint density at radius 2 is 2.00 bits per heavy atom. The van der Waals surface area contributed by atoms with Crippen molar-refractivity contribution in [2.24, 2.45) is 11.8 Å². The number of carbonyl (C=O) groups is 1. The molecule has 4 aliphatic rings. The Bertz CT molecular complexity index is 663. The van der Waals surface area contributed by atoms with Gasteiger partial charge in [0.15, 0.2) is 0 Å². The van der Waals surface area contributed by atoms with E-state index in [-0.39, 0.29) is 18.6 Å². The van der Waals surface area contributed by atoms with Crippen LogP contribution in [0.25, 0.3) is 0 Å². The molecule has 1 aromatic heterocycles. The molecule has 6 heteroatoms. The Labute approximate surface area is 148 Å². The summed E-state index contributed by atoms with van der Waals surface area (Å²) < 4.78 is 0. The minimum absolute atomic E-state index is 0.0263. The van der Waals surface area contributed by atoms with Crippen molar-refractivity contribution in [1.82, 2.24) is 14.9 Å². The maximum atomic E-state index is 12.5. The molecule has 3 aliphatic heterocycles. The first kappa shape index (κ1) is 15.6. The van der Waals surface area contributed by atoms with E-state index < -0.39 is 0 Å². The summed E-state index contributed by atoms with van der Waals surface area (Å²) in [5.41, 5.74) is 1.17. The third-order valence-electron chi connectivity index (χ3n) is 6.68. The third kappa shape index (κ3) is 2.62. The highest BCUT2D eigenvalue weighted by Crippen LogP contribution is 2.43. The average Bonchev–Trinajstić information content (AvgIpc) is 3.48. The molecule has 0 aromatic carbocycles. The predicted molar refractivity (Wildman–Crippen MR) is 93.2 cm³/mol. The standard InChI is InChI=1S/C19H26N4O2/c24-10-17-14-6-13(16-2-1-3-19(25)23(16)17)8-22(9-14)18-7-15(12-4-5-12)20-11-21-18/h7,11-14,16-17,24H,1-6,8-10H2/t13-,14+,16+,17+/m1/s1. The van der Waals surface area contributed by atoms with Gasteiger partial charge in [0.2, 0.25) is 5.91 Å². The van der Waals surface area contributed by atoms with E-state index in [1.165, 1.54) is 18.5 Å². The fourth-order valence-electron chi connectivity index (χ4n) is 5.33. The number of amides is 1. The Morgan fingerprint density at radius 1 is 1.16 bits per heavy atom. The maximum Gasteiger partial charge on any atom is 0.223 e. The van der Waals surface area contributed by atoms with Crippen LogP contribution in [0, 0.1) is 11.8 Å². The summed E-state index contributed by atoms with van der Waals surface area (Å²) in [6, 6.07) is 2.43. The second kappa shape index (κ2) is 5.94. The number of aliphatic hydroxyl groups is 1. The lowest BCUT2D eigenvalue weighted by Crippen LogP contribution is -2.66. The molecule has 4 atom stereocenters. The quantitative estimate of drug-likeness (QED) is 0.903. The fraction of sp³-hybridized carbons (Fsp3) is 0.737. The molecule has 1 aliphatic carbocycles. The second-order valence-electron chi connectivity index (χ2n) is 8.25. The molecule has 1 N–H and O–H groups in total. The zero-order valence-electron chi connectivity index (χ0n) is 14.5. The molecule has 1 saturated carbocycles. The van der Waals surface area contributed by atoms with Gasteiger partial charge >= 0.3 is 0 Å². The molecule has 0 radical (unpaired) electrons. The number of hydrogen-bond donors (Lipinski definition) is 1. The molecule has 6 nitrogen and oxygen atoms in total. The van der Waals surface area contributed by atoms with E-state index in [4.69, 9.17) is 0 Å². The maximum absolute atomic E-state index is 12.5. The van der Waals surface area contributed by atoms with Crippen LogP contribution in [0.4, 0.5) is 5.82 Å². The largest absolute Gasteiger partial charge is 0.394 e. The van der Waals surface area contributed by atoms with Gasteiger partial charge in [-0.05, 0) is 43.9 Å². The van der Waals surface area contributed by atoms with Crippen LogP contribution in [0.1, 0.15) is 50.1 Å². The first-order valence-electron chi connectivity index (χ1n) is 9.73. The van der Waals surface area contributed by atoms with E-state index in [0.717, 1.165) is 38.2 Å². The molecule has 2 bridgehead atoms. The number of nitrogens with zero attached hydrogens (tertiary/aromatic N) is 4. The Morgan fingerprint density at radius 3 is 2.80 bits per heavy atom. The lowest BCUT2D eigenvalue weighted by molar-refractivity contribution is -0.150. The first-order chi connectivity index (χ1) is 12.2.